The number of ketones is 1. The average Bonchev–Trinajstić information content (AvgIpc) is 3.15. The Morgan fingerprint density at radius 3 is 2.56 bits per heavy atom. The molecule has 0 unspecified atom stereocenters. The van der Waals surface area contributed by atoms with Gasteiger partial charge in [-0.2, -0.15) is 5.10 Å². The van der Waals surface area contributed by atoms with E-state index in [0.29, 0.717) is 29.8 Å². The minimum atomic E-state index is -0.0325. The van der Waals surface area contributed by atoms with Gasteiger partial charge in [0.05, 0.1) is 23.1 Å². The van der Waals surface area contributed by atoms with E-state index in [1.165, 1.54) is 0 Å². The van der Waals surface area contributed by atoms with E-state index in [1.54, 1.807) is 18.3 Å². The van der Waals surface area contributed by atoms with Crippen LogP contribution in [0.3, 0.4) is 0 Å². The number of hydrogen-bond acceptors (Lipinski definition) is 4. The lowest BCUT2D eigenvalue weighted by molar-refractivity contribution is -0.116. The number of hydrogen-bond donors (Lipinski definition) is 3. The van der Waals surface area contributed by atoms with Gasteiger partial charge in [-0.3, -0.25) is 14.7 Å². The van der Waals surface area contributed by atoms with Crippen LogP contribution in [0.5, 0.6) is 0 Å². The predicted molar refractivity (Wildman–Crippen MR) is 108 cm³/mol. The van der Waals surface area contributed by atoms with Crippen molar-refractivity contribution in [3.8, 4) is 0 Å². The van der Waals surface area contributed by atoms with Crippen LogP contribution >= 0.6 is 0 Å². The minimum Gasteiger partial charge on any atom is -0.397 e. The van der Waals surface area contributed by atoms with Gasteiger partial charge in [-0.05, 0) is 31.0 Å². The smallest absolute Gasteiger partial charge is 0.224 e. The van der Waals surface area contributed by atoms with Crippen LogP contribution in [0.1, 0.15) is 48.9 Å². The highest BCUT2D eigenvalue weighted by Gasteiger charge is 2.11. The normalized spacial score (nSPS) is 10.8. The van der Waals surface area contributed by atoms with Gasteiger partial charge in [0.1, 0.15) is 0 Å². The van der Waals surface area contributed by atoms with Crippen LogP contribution in [-0.4, -0.2) is 21.9 Å². The van der Waals surface area contributed by atoms with E-state index >= 15 is 0 Å². The largest absolute Gasteiger partial charge is 0.397 e. The summed E-state index contributed by atoms with van der Waals surface area (Å²) in [7, 11) is 0. The molecule has 0 atom stereocenters. The minimum absolute atomic E-state index is 0.0325. The van der Waals surface area contributed by atoms with E-state index in [2.05, 4.69) is 15.5 Å². The van der Waals surface area contributed by atoms with Gasteiger partial charge in [-0.1, -0.05) is 37.1 Å². The number of aromatic amines is 1. The second kappa shape index (κ2) is 8.98. The first-order chi connectivity index (χ1) is 13.1. The van der Waals surface area contributed by atoms with Crippen LogP contribution in [0, 0.1) is 0 Å². The molecule has 3 aromatic rings. The molecule has 27 heavy (non-hydrogen) atoms. The molecule has 2 aromatic carbocycles. The van der Waals surface area contributed by atoms with E-state index < -0.39 is 0 Å². The van der Waals surface area contributed by atoms with Crippen LogP contribution < -0.4 is 11.1 Å². The molecule has 0 bridgehead atoms. The quantitative estimate of drug-likeness (QED) is 0.299. The number of unbranched alkanes of at least 4 members (excludes halogenated alkanes) is 3. The molecule has 3 rings (SSSR count). The molecule has 0 saturated heterocycles. The first-order valence-corrected chi connectivity index (χ1v) is 9.25. The first-order valence-electron chi connectivity index (χ1n) is 9.25. The monoisotopic (exact) mass is 364 g/mol. The fraction of sp³-hybridized carbons (Fsp3) is 0.286. The van der Waals surface area contributed by atoms with Gasteiger partial charge in [0.25, 0.3) is 0 Å². The van der Waals surface area contributed by atoms with Gasteiger partial charge >= 0.3 is 0 Å². The zero-order valence-electron chi connectivity index (χ0n) is 15.2. The topological polar surface area (TPSA) is 101 Å². The first kappa shape index (κ1) is 18.6. The molecule has 1 heterocycles. The Kier molecular flexibility index (Phi) is 6.20. The molecule has 0 saturated carbocycles. The lowest BCUT2D eigenvalue weighted by atomic mass is 10.0. The molecular weight excluding hydrogens is 340 g/mol. The number of carbonyl (C=O) groups excluding carboxylic acids is 2. The number of H-pyrrole nitrogens is 1. The Labute approximate surface area is 158 Å². The zero-order chi connectivity index (χ0) is 19.1. The Morgan fingerprint density at radius 2 is 1.74 bits per heavy atom. The van der Waals surface area contributed by atoms with E-state index in [-0.39, 0.29) is 11.7 Å². The van der Waals surface area contributed by atoms with Gasteiger partial charge in [0, 0.05) is 23.8 Å². The molecule has 0 fully saturated rings. The fourth-order valence-corrected chi connectivity index (χ4v) is 3.08. The highest BCUT2D eigenvalue weighted by Crippen LogP contribution is 2.19. The summed E-state index contributed by atoms with van der Waals surface area (Å²) >= 11 is 0. The SMILES string of the molecule is Nc1ccccc1NC(=O)CCCCCCC(=O)c1cccc2cn[nH]c12. The number of amides is 1. The van der Waals surface area contributed by atoms with Crippen LogP contribution in [0.25, 0.3) is 10.9 Å². The van der Waals surface area contributed by atoms with E-state index in [1.807, 2.05) is 30.3 Å². The maximum Gasteiger partial charge on any atom is 0.224 e. The Hall–Kier alpha value is -3.15. The molecule has 4 N–H and O–H groups in total. The highest BCUT2D eigenvalue weighted by molar-refractivity contribution is 6.06. The van der Waals surface area contributed by atoms with Crippen molar-refractivity contribution < 1.29 is 9.59 Å². The third-order valence-corrected chi connectivity index (χ3v) is 4.57. The number of anilines is 2. The average molecular weight is 364 g/mol. The molecule has 0 spiro atoms. The number of aromatic nitrogens is 2. The zero-order valence-corrected chi connectivity index (χ0v) is 15.2. The van der Waals surface area contributed by atoms with Crippen molar-refractivity contribution in [1.82, 2.24) is 10.2 Å². The van der Waals surface area contributed by atoms with Gasteiger partial charge in [0.2, 0.25) is 5.91 Å². The van der Waals surface area contributed by atoms with Crippen molar-refractivity contribution in [3.05, 3.63) is 54.2 Å². The predicted octanol–water partition coefficient (Wildman–Crippen LogP) is 4.31. The van der Waals surface area contributed by atoms with Crippen molar-refractivity contribution >= 4 is 34.0 Å². The summed E-state index contributed by atoms with van der Waals surface area (Å²) in [5.74, 6) is 0.0945. The standard InChI is InChI=1S/C21H24N4O2/c22-17-10-5-6-11-18(17)24-20(27)13-4-2-1-3-12-19(26)16-9-7-8-15-14-23-25-21(15)16/h5-11,14H,1-4,12-13,22H2,(H,23,25)(H,24,27). The number of nitrogens with one attached hydrogen (secondary N) is 2. The summed E-state index contributed by atoms with van der Waals surface area (Å²) in [5, 5.41) is 10.7. The molecule has 140 valence electrons. The number of fused-ring (bicyclic) bond motifs is 1. The highest BCUT2D eigenvalue weighted by atomic mass is 16.1. The number of benzene rings is 2. The van der Waals surface area contributed by atoms with Gasteiger partial charge in [-0.15, -0.1) is 0 Å². The van der Waals surface area contributed by atoms with Crippen LogP contribution in [-0.2, 0) is 4.79 Å². The second-order valence-corrected chi connectivity index (χ2v) is 6.61. The Balaban J connectivity index is 1.35. The van der Waals surface area contributed by atoms with Crippen LogP contribution in [0.4, 0.5) is 11.4 Å². The second-order valence-electron chi connectivity index (χ2n) is 6.61. The van der Waals surface area contributed by atoms with Crippen LogP contribution in [0.15, 0.2) is 48.7 Å². The van der Waals surface area contributed by atoms with Crippen molar-refractivity contribution in [1.29, 1.82) is 0 Å². The molecule has 0 aliphatic heterocycles. The number of Topliss-reactive ketones (excluding diaryl/α,β-unsaturated/α-hetero) is 1. The molecule has 0 aliphatic rings. The number of nitrogen functional groups attached to an aromatic ring is 1. The van der Waals surface area contributed by atoms with Crippen molar-refractivity contribution in [2.45, 2.75) is 38.5 Å². The van der Waals surface area contributed by atoms with E-state index in [9.17, 15) is 9.59 Å². The van der Waals surface area contributed by atoms with Crippen LogP contribution in [0.2, 0.25) is 0 Å². The summed E-state index contributed by atoms with van der Waals surface area (Å²) in [6, 6.07) is 12.9. The number of rotatable bonds is 9. The Morgan fingerprint density at radius 1 is 0.963 bits per heavy atom. The summed E-state index contributed by atoms with van der Waals surface area (Å²) in [4.78, 5) is 24.4. The summed E-state index contributed by atoms with van der Waals surface area (Å²) in [6.07, 6.45) is 6.13. The molecule has 0 aliphatic carbocycles. The number of para-hydroxylation sites is 3. The summed E-state index contributed by atoms with van der Waals surface area (Å²) < 4.78 is 0. The maximum absolute atomic E-state index is 12.4. The molecule has 1 amide bonds. The fourth-order valence-electron chi connectivity index (χ4n) is 3.08. The Bertz CT molecular complexity index is 933. The van der Waals surface area contributed by atoms with Gasteiger partial charge in [0.15, 0.2) is 5.78 Å². The lowest BCUT2D eigenvalue weighted by Crippen LogP contribution is -2.12. The molecule has 6 nitrogen and oxygen atoms in total. The molecule has 6 heteroatoms. The van der Waals surface area contributed by atoms with Gasteiger partial charge < -0.3 is 11.1 Å². The van der Waals surface area contributed by atoms with Crippen molar-refractivity contribution in [2.24, 2.45) is 0 Å². The number of carbonyl (C=O) groups is 2. The van der Waals surface area contributed by atoms with E-state index in [0.717, 1.165) is 36.6 Å². The van der Waals surface area contributed by atoms with E-state index in [4.69, 9.17) is 5.73 Å². The number of nitrogens with two attached hydrogens (primary N) is 1. The third-order valence-electron chi connectivity index (χ3n) is 4.57. The maximum atomic E-state index is 12.4. The van der Waals surface area contributed by atoms with Crippen molar-refractivity contribution in [2.75, 3.05) is 11.1 Å². The lowest BCUT2D eigenvalue weighted by Gasteiger charge is -2.07. The van der Waals surface area contributed by atoms with Crippen molar-refractivity contribution in [3.63, 3.8) is 0 Å². The molecular formula is C21H24N4O2. The van der Waals surface area contributed by atoms with Gasteiger partial charge in [-0.25, -0.2) is 0 Å². The summed E-state index contributed by atoms with van der Waals surface area (Å²) in [6.45, 7) is 0. The molecule has 1 aromatic heterocycles. The summed E-state index contributed by atoms with van der Waals surface area (Å²) in [5.41, 5.74) is 8.54. The number of nitrogens with zero attached hydrogens (tertiary/aromatic N) is 1. The third kappa shape index (κ3) is 4.94. The molecule has 0 radical (unpaired) electrons.